The molecule has 1 aromatic heterocycles. The predicted molar refractivity (Wildman–Crippen MR) is 98.0 cm³/mol. The molecule has 144 valence electrons. The average molecular weight is 394 g/mol. The first-order valence-electron chi connectivity index (χ1n) is 8.23. The molecule has 25 heavy (non-hydrogen) atoms. The van der Waals surface area contributed by atoms with Crippen LogP contribution in [0.25, 0.3) is 0 Å². The number of nitrogens with two attached hydrogens (primary N) is 1. The lowest BCUT2D eigenvalue weighted by atomic mass is 9.99. The van der Waals surface area contributed by atoms with E-state index in [0.29, 0.717) is 18.9 Å². The number of aryl methyl sites for hydroxylation is 2. The minimum Gasteiger partial charge on any atom is -0.339 e. The van der Waals surface area contributed by atoms with Crippen LogP contribution in [0.1, 0.15) is 26.1 Å². The fourth-order valence-corrected chi connectivity index (χ4v) is 4.09. The highest BCUT2D eigenvalue weighted by Crippen LogP contribution is 2.18. The normalized spacial score (nSPS) is 18.5. The second-order valence-corrected chi connectivity index (χ2v) is 8.26. The summed E-state index contributed by atoms with van der Waals surface area (Å²) in [5.74, 6) is 0.646. The number of nitrogens with zero attached hydrogens (tertiary/aromatic N) is 4. The molecule has 1 saturated heterocycles. The molecule has 0 spiro atoms. The molecule has 2 atom stereocenters. The molecule has 2 N–H and O–H groups in total. The zero-order chi connectivity index (χ0) is 18.1. The Balaban J connectivity index is 0.00000312. The molecule has 0 radical (unpaired) electrons. The monoisotopic (exact) mass is 393 g/mol. The largest absolute Gasteiger partial charge is 0.339 e. The molecule has 2 heterocycles. The Morgan fingerprint density at radius 1 is 1.32 bits per heavy atom. The summed E-state index contributed by atoms with van der Waals surface area (Å²) in [7, 11) is -1.86. The highest BCUT2D eigenvalue weighted by Gasteiger charge is 2.33. The van der Waals surface area contributed by atoms with Crippen molar-refractivity contribution in [2.24, 2.45) is 18.7 Å². The maximum absolute atomic E-state index is 12.6. The van der Waals surface area contributed by atoms with Crippen LogP contribution < -0.4 is 5.73 Å². The maximum Gasteiger partial charge on any atom is 0.262 e. The first-order chi connectivity index (χ1) is 11.2. The Bertz CT molecular complexity index is 679. The SMILES string of the molecule is CCC(C)C(N)C(=O)N1CCN(S(=O)(=O)c2cn(C)c(C)n2)CC1.Cl. The summed E-state index contributed by atoms with van der Waals surface area (Å²) in [4.78, 5) is 18.2. The number of halogens is 1. The summed E-state index contributed by atoms with van der Waals surface area (Å²) in [5.41, 5.74) is 6.00. The summed E-state index contributed by atoms with van der Waals surface area (Å²) in [6.45, 7) is 6.94. The molecule has 0 aliphatic carbocycles. The number of hydrogen-bond acceptors (Lipinski definition) is 5. The second-order valence-electron chi connectivity index (χ2n) is 6.38. The Hall–Kier alpha value is -1.16. The van der Waals surface area contributed by atoms with E-state index in [1.807, 2.05) is 13.8 Å². The van der Waals surface area contributed by atoms with E-state index in [2.05, 4.69) is 4.98 Å². The predicted octanol–water partition coefficient (Wildman–Crippen LogP) is 0.357. The van der Waals surface area contributed by atoms with Gasteiger partial charge in [0, 0.05) is 39.4 Å². The molecule has 0 saturated carbocycles. The molecule has 2 unspecified atom stereocenters. The van der Waals surface area contributed by atoms with E-state index in [-0.39, 0.29) is 42.3 Å². The van der Waals surface area contributed by atoms with Crippen LogP contribution >= 0.6 is 12.4 Å². The standard InChI is InChI=1S/C15H27N5O3S.ClH/c1-5-11(2)14(16)15(21)19-6-8-20(9-7-19)24(22,23)13-10-18(4)12(3)17-13;/h10-11,14H,5-9,16H2,1-4H3;1H. The highest BCUT2D eigenvalue weighted by molar-refractivity contribution is 7.89. The molecule has 1 aliphatic heterocycles. The van der Waals surface area contributed by atoms with Gasteiger partial charge in [-0.05, 0) is 12.8 Å². The van der Waals surface area contributed by atoms with Crippen molar-refractivity contribution in [2.75, 3.05) is 26.2 Å². The number of imidazole rings is 1. The summed E-state index contributed by atoms with van der Waals surface area (Å²) < 4.78 is 28.3. The number of amides is 1. The topological polar surface area (TPSA) is 102 Å². The summed E-state index contributed by atoms with van der Waals surface area (Å²) >= 11 is 0. The average Bonchev–Trinajstić information content (AvgIpc) is 2.92. The number of rotatable bonds is 5. The van der Waals surface area contributed by atoms with Crippen LogP contribution in [-0.4, -0.2) is 65.3 Å². The van der Waals surface area contributed by atoms with Crippen LogP contribution in [0.5, 0.6) is 0 Å². The Morgan fingerprint density at radius 2 is 1.88 bits per heavy atom. The minimum absolute atomic E-state index is 0. The van der Waals surface area contributed by atoms with Gasteiger partial charge in [0.05, 0.1) is 6.04 Å². The number of hydrogen-bond donors (Lipinski definition) is 1. The number of carbonyl (C=O) groups excluding carboxylic acids is 1. The molecule has 1 aromatic rings. The minimum atomic E-state index is -3.62. The van der Waals surface area contributed by atoms with Crippen LogP contribution in [0.4, 0.5) is 0 Å². The number of piperazine rings is 1. The summed E-state index contributed by atoms with van der Waals surface area (Å²) in [5, 5.41) is 0.0542. The first-order valence-corrected chi connectivity index (χ1v) is 9.67. The van der Waals surface area contributed by atoms with Crippen molar-refractivity contribution in [3.8, 4) is 0 Å². The third-order valence-corrected chi connectivity index (χ3v) is 6.55. The van der Waals surface area contributed by atoms with Crippen LogP contribution in [0.15, 0.2) is 11.2 Å². The van der Waals surface area contributed by atoms with Crippen molar-refractivity contribution in [1.29, 1.82) is 0 Å². The van der Waals surface area contributed by atoms with Crippen LogP contribution in [0.3, 0.4) is 0 Å². The third kappa shape index (κ3) is 4.52. The Kier molecular flexibility index (Phi) is 7.42. The van der Waals surface area contributed by atoms with E-state index in [0.717, 1.165) is 6.42 Å². The summed E-state index contributed by atoms with van der Waals surface area (Å²) in [6.07, 6.45) is 2.35. The second kappa shape index (κ2) is 8.48. The van der Waals surface area contributed by atoms with Gasteiger partial charge in [0.1, 0.15) is 5.82 Å². The van der Waals surface area contributed by atoms with Crippen molar-refractivity contribution in [2.45, 2.75) is 38.3 Å². The van der Waals surface area contributed by atoms with Crippen LogP contribution in [-0.2, 0) is 21.9 Å². The molecular weight excluding hydrogens is 366 g/mol. The molecule has 1 aliphatic rings. The lowest BCUT2D eigenvalue weighted by Crippen LogP contribution is -2.55. The van der Waals surface area contributed by atoms with Crippen molar-refractivity contribution in [3.63, 3.8) is 0 Å². The fraction of sp³-hybridized carbons (Fsp3) is 0.733. The summed E-state index contributed by atoms with van der Waals surface area (Å²) in [6, 6.07) is -0.531. The Labute approximate surface area is 155 Å². The molecule has 2 rings (SSSR count). The molecule has 10 heteroatoms. The van der Waals surface area contributed by atoms with Gasteiger partial charge in [-0.2, -0.15) is 4.31 Å². The molecule has 1 fully saturated rings. The van der Waals surface area contributed by atoms with Crippen molar-refractivity contribution < 1.29 is 13.2 Å². The molecular formula is C15H28ClN5O3S. The van der Waals surface area contributed by atoms with Gasteiger partial charge in [-0.25, -0.2) is 13.4 Å². The number of sulfonamides is 1. The van der Waals surface area contributed by atoms with Crippen molar-refractivity contribution in [1.82, 2.24) is 18.8 Å². The molecule has 0 aromatic carbocycles. The van der Waals surface area contributed by atoms with Gasteiger partial charge in [0.2, 0.25) is 5.91 Å². The van der Waals surface area contributed by atoms with Gasteiger partial charge >= 0.3 is 0 Å². The van der Waals surface area contributed by atoms with Gasteiger partial charge < -0.3 is 15.2 Å². The van der Waals surface area contributed by atoms with E-state index in [1.54, 1.807) is 23.4 Å². The van der Waals surface area contributed by atoms with E-state index >= 15 is 0 Å². The van der Waals surface area contributed by atoms with Gasteiger partial charge in [0.15, 0.2) is 5.03 Å². The number of aromatic nitrogens is 2. The maximum atomic E-state index is 12.6. The number of carbonyl (C=O) groups is 1. The molecule has 8 nitrogen and oxygen atoms in total. The molecule has 1 amide bonds. The van der Waals surface area contributed by atoms with Gasteiger partial charge in [0.25, 0.3) is 10.0 Å². The van der Waals surface area contributed by atoms with E-state index < -0.39 is 16.1 Å². The van der Waals surface area contributed by atoms with Gasteiger partial charge in [-0.15, -0.1) is 12.4 Å². The Morgan fingerprint density at radius 3 is 2.32 bits per heavy atom. The first kappa shape index (κ1) is 21.9. The van der Waals surface area contributed by atoms with E-state index in [4.69, 9.17) is 5.73 Å². The fourth-order valence-electron chi connectivity index (χ4n) is 2.64. The third-order valence-electron chi connectivity index (χ3n) is 4.78. The highest BCUT2D eigenvalue weighted by atomic mass is 35.5. The quantitative estimate of drug-likeness (QED) is 0.778. The zero-order valence-electron chi connectivity index (χ0n) is 15.2. The lowest BCUT2D eigenvalue weighted by molar-refractivity contribution is -0.134. The van der Waals surface area contributed by atoms with Gasteiger partial charge in [-0.1, -0.05) is 20.3 Å². The van der Waals surface area contributed by atoms with E-state index in [1.165, 1.54) is 10.5 Å². The smallest absolute Gasteiger partial charge is 0.262 e. The van der Waals surface area contributed by atoms with Crippen LogP contribution in [0.2, 0.25) is 0 Å². The van der Waals surface area contributed by atoms with Gasteiger partial charge in [-0.3, -0.25) is 4.79 Å². The zero-order valence-corrected chi connectivity index (χ0v) is 16.8. The molecule has 0 bridgehead atoms. The van der Waals surface area contributed by atoms with Crippen molar-refractivity contribution in [3.05, 3.63) is 12.0 Å². The van der Waals surface area contributed by atoms with Crippen molar-refractivity contribution >= 4 is 28.3 Å². The lowest BCUT2D eigenvalue weighted by Gasteiger charge is -2.35. The van der Waals surface area contributed by atoms with E-state index in [9.17, 15) is 13.2 Å². The van der Waals surface area contributed by atoms with Crippen LogP contribution in [0, 0.1) is 12.8 Å².